The van der Waals surface area contributed by atoms with Gasteiger partial charge in [0.05, 0.1) is 4.90 Å². The van der Waals surface area contributed by atoms with Gasteiger partial charge in [0.15, 0.2) is 9.84 Å². The van der Waals surface area contributed by atoms with Crippen LogP contribution in [0.5, 0.6) is 0 Å². The highest BCUT2D eigenvalue weighted by atomic mass is 32.2. The van der Waals surface area contributed by atoms with Crippen molar-refractivity contribution in [2.45, 2.75) is 11.8 Å². The molecule has 0 amide bonds. The molecule has 0 saturated carbocycles. The summed E-state index contributed by atoms with van der Waals surface area (Å²) in [6.07, 6.45) is 1.19. The van der Waals surface area contributed by atoms with E-state index in [1.54, 1.807) is 24.3 Å². The predicted octanol–water partition coefficient (Wildman–Crippen LogP) is 2.72. The molecule has 0 fully saturated rings. The van der Waals surface area contributed by atoms with Gasteiger partial charge in [0.2, 0.25) is 0 Å². The van der Waals surface area contributed by atoms with E-state index < -0.39 is 9.84 Å². The Bertz CT molecular complexity index is 692. The molecule has 0 aliphatic rings. The first-order valence-corrected chi connectivity index (χ1v) is 7.69. The summed E-state index contributed by atoms with van der Waals surface area (Å²) < 4.78 is 22.7. The molecule has 2 rings (SSSR count). The third kappa shape index (κ3) is 3.26. The van der Waals surface area contributed by atoms with Crippen molar-refractivity contribution in [2.75, 3.05) is 17.3 Å². The van der Waals surface area contributed by atoms with Crippen LogP contribution in [0.4, 0.5) is 17.1 Å². The highest BCUT2D eigenvalue weighted by Gasteiger charge is 2.06. The van der Waals surface area contributed by atoms with Crippen molar-refractivity contribution in [2.24, 2.45) is 0 Å². The second-order valence-electron chi connectivity index (χ2n) is 4.50. The quantitative estimate of drug-likeness (QED) is 0.845. The summed E-state index contributed by atoms with van der Waals surface area (Å²) in [5.74, 6) is 0. The van der Waals surface area contributed by atoms with Crippen LogP contribution in [-0.2, 0) is 9.84 Å². The third-order valence-electron chi connectivity index (χ3n) is 2.82. The van der Waals surface area contributed by atoms with Gasteiger partial charge in [0.1, 0.15) is 0 Å². The molecule has 0 spiro atoms. The zero-order chi connectivity index (χ0) is 14.0. The smallest absolute Gasteiger partial charge is 0.175 e. The molecule has 2 aromatic carbocycles. The molecule has 4 nitrogen and oxygen atoms in total. The van der Waals surface area contributed by atoms with Crippen molar-refractivity contribution < 1.29 is 8.42 Å². The number of nitrogens with one attached hydrogen (secondary N) is 1. The van der Waals surface area contributed by atoms with Crippen LogP contribution in [0.15, 0.2) is 47.4 Å². The summed E-state index contributed by atoms with van der Waals surface area (Å²) in [5.41, 5.74) is 9.22. The fourth-order valence-electron chi connectivity index (χ4n) is 1.72. The molecule has 0 aromatic heterocycles. The number of nitrogen functional groups attached to an aromatic ring is 1. The number of rotatable bonds is 3. The van der Waals surface area contributed by atoms with Gasteiger partial charge in [-0.05, 0) is 48.9 Å². The summed E-state index contributed by atoms with van der Waals surface area (Å²) in [6, 6.07) is 12.3. The normalized spacial score (nSPS) is 11.3. The maximum Gasteiger partial charge on any atom is 0.175 e. The first-order valence-electron chi connectivity index (χ1n) is 5.79. The zero-order valence-corrected chi connectivity index (χ0v) is 11.7. The summed E-state index contributed by atoms with van der Waals surface area (Å²) >= 11 is 0. The molecule has 100 valence electrons. The standard InChI is InChI=1S/C14H16N2O2S/c1-10-3-4-11(15)9-14(10)16-12-5-7-13(8-6-12)19(2,17)18/h3-9,16H,15H2,1-2H3. The largest absolute Gasteiger partial charge is 0.399 e. The minimum atomic E-state index is -3.16. The van der Waals surface area contributed by atoms with Gasteiger partial charge >= 0.3 is 0 Å². The lowest BCUT2D eigenvalue weighted by molar-refractivity contribution is 0.602. The molecule has 0 saturated heterocycles. The molecular formula is C14H16N2O2S. The summed E-state index contributed by atoms with van der Waals surface area (Å²) in [6.45, 7) is 1.98. The van der Waals surface area contributed by atoms with Gasteiger partial charge in [0.25, 0.3) is 0 Å². The average Bonchev–Trinajstić information content (AvgIpc) is 2.33. The van der Waals surface area contributed by atoms with Crippen LogP contribution in [0.2, 0.25) is 0 Å². The number of sulfone groups is 1. The molecule has 0 aliphatic carbocycles. The Morgan fingerprint density at radius 3 is 2.26 bits per heavy atom. The maximum atomic E-state index is 11.4. The fourth-order valence-corrected chi connectivity index (χ4v) is 2.35. The van der Waals surface area contributed by atoms with Gasteiger partial charge in [0, 0.05) is 23.3 Å². The van der Waals surface area contributed by atoms with Crippen molar-refractivity contribution in [3.8, 4) is 0 Å². The third-order valence-corrected chi connectivity index (χ3v) is 3.95. The Hall–Kier alpha value is -2.01. The van der Waals surface area contributed by atoms with Crippen molar-refractivity contribution in [1.29, 1.82) is 0 Å². The van der Waals surface area contributed by atoms with Gasteiger partial charge < -0.3 is 11.1 Å². The number of nitrogens with two attached hydrogens (primary N) is 1. The number of benzene rings is 2. The summed E-state index contributed by atoms with van der Waals surface area (Å²) in [7, 11) is -3.16. The van der Waals surface area contributed by atoms with E-state index in [1.807, 2.05) is 25.1 Å². The Morgan fingerprint density at radius 2 is 1.68 bits per heavy atom. The number of anilines is 3. The van der Waals surface area contributed by atoms with E-state index in [2.05, 4.69) is 5.32 Å². The molecule has 0 heterocycles. The van der Waals surface area contributed by atoms with Crippen molar-refractivity contribution in [3.63, 3.8) is 0 Å². The SMILES string of the molecule is Cc1ccc(N)cc1Nc1ccc(S(C)(=O)=O)cc1. The monoisotopic (exact) mass is 276 g/mol. The zero-order valence-electron chi connectivity index (χ0n) is 10.8. The molecule has 0 bridgehead atoms. The predicted molar refractivity (Wildman–Crippen MR) is 78.4 cm³/mol. The van der Waals surface area contributed by atoms with Gasteiger partial charge in [-0.1, -0.05) is 6.07 Å². The number of hydrogen-bond acceptors (Lipinski definition) is 4. The molecule has 0 unspecified atom stereocenters. The van der Waals surface area contributed by atoms with Crippen LogP contribution in [0.3, 0.4) is 0 Å². The molecular weight excluding hydrogens is 260 g/mol. The van der Waals surface area contributed by atoms with Gasteiger partial charge in [-0.15, -0.1) is 0 Å². The van der Waals surface area contributed by atoms with Gasteiger partial charge in [-0.2, -0.15) is 0 Å². The van der Waals surface area contributed by atoms with Crippen molar-refractivity contribution in [3.05, 3.63) is 48.0 Å². The average molecular weight is 276 g/mol. The van der Waals surface area contributed by atoms with Crippen molar-refractivity contribution >= 4 is 26.9 Å². The van der Waals surface area contributed by atoms with Crippen LogP contribution < -0.4 is 11.1 Å². The van der Waals surface area contributed by atoms with E-state index in [0.29, 0.717) is 10.6 Å². The highest BCUT2D eigenvalue weighted by Crippen LogP contribution is 2.23. The topological polar surface area (TPSA) is 72.2 Å². The summed E-state index contributed by atoms with van der Waals surface area (Å²) in [5, 5.41) is 3.22. The minimum Gasteiger partial charge on any atom is -0.399 e. The van der Waals surface area contributed by atoms with E-state index in [-0.39, 0.29) is 0 Å². The number of hydrogen-bond donors (Lipinski definition) is 2. The molecule has 3 N–H and O–H groups in total. The van der Waals surface area contributed by atoms with Crippen LogP contribution in [0.1, 0.15) is 5.56 Å². The van der Waals surface area contributed by atoms with Crippen LogP contribution >= 0.6 is 0 Å². The molecule has 0 aliphatic heterocycles. The molecule has 5 heteroatoms. The van der Waals surface area contributed by atoms with Crippen LogP contribution in [0, 0.1) is 6.92 Å². The number of aryl methyl sites for hydroxylation is 1. The lowest BCUT2D eigenvalue weighted by atomic mass is 10.1. The van der Waals surface area contributed by atoms with Crippen LogP contribution in [0.25, 0.3) is 0 Å². The van der Waals surface area contributed by atoms with Gasteiger partial charge in [-0.3, -0.25) is 0 Å². The molecule has 0 radical (unpaired) electrons. The Morgan fingerprint density at radius 1 is 1.05 bits per heavy atom. The van der Waals surface area contributed by atoms with E-state index in [9.17, 15) is 8.42 Å². The van der Waals surface area contributed by atoms with E-state index in [0.717, 1.165) is 16.9 Å². The van der Waals surface area contributed by atoms with E-state index >= 15 is 0 Å². The Labute approximate surface area is 113 Å². The summed E-state index contributed by atoms with van der Waals surface area (Å²) in [4.78, 5) is 0.308. The highest BCUT2D eigenvalue weighted by molar-refractivity contribution is 7.90. The molecule has 0 atom stereocenters. The molecule has 19 heavy (non-hydrogen) atoms. The first-order chi connectivity index (χ1) is 8.86. The van der Waals surface area contributed by atoms with Gasteiger partial charge in [-0.25, -0.2) is 8.42 Å². The molecule has 2 aromatic rings. The lowest BCUT2D eigenvalue weighted by Gasteiger charge is -2.10. The van der Waals surface area contributed by atoms with Crippen LogP contribution in [-0.4, -0.2) is 14.7 Å². The Kier molecular flexibility index (Phi) is 3.48. The first kappa shape index (κ1) is 13.4. The second kappa shape index (κ2) is 4.93. The second-order valence-corrected chi connectivity index (χ2v) is 6.51. The Balaban J connectivity index is 2.27. The maximum absolute atomic E-state index is 11.4. The minimum absolute atomic E-state index is 0.308. The lowest BCUT2D eigenvalue weighted by Crippen LogP contribution is -1.98. The fraction of sp³-hybridized carbons (Fsp3) is 0.143. The van der Waals surface area contributed by atoms with E-state index in [1.165, 1.54) is 6.26 Å². The van der Waals surface area contributed by atoms with E-state index in [4.69, 9.17) is 5.73 Å². The van der Waals surface area contributed by atoms with Crippen molar-refractivity contribution in [1.82, 2.24) is 0 Å².